The molecule has 3 heterocycles. The standard InChI is InChI=1S/C21H18ClN3O3/c1-21(11-15(26)13-8-6-10-23-18(13)22)17-16(19(27)25(3)20(21)28)12-7-4-5-9-14(12)24(17)2/h4-10H,11H2,1-3H3. The summed E-state index contributed by atoms with van der Waals surface area (Å²) in [4.78, 5) is 44.2. The normalized spacial score (nSPS) is 19.2. The van der Waals surface area contributed by atoms with Crippen LogP contribution >= 0.6 is 11.6 Å². The molecule has 0 saturated heterocycles. The van der Waals surface area contributed by atoms with Gasteiger partial charge >= 0.3 is 0 Å². The van der Waals surface area contributed by atoms with Gasteiger partial charge in [0.15, 0.2) is 5.78 Å². The number of nitrogens with zero attached hydrogens (tertiary/aromatic N) is 3. The van der Waals surface area contributed by atoms with Gasteiger partial charge in [-0.2, -0.15) is 0 Å². The summed E-state index contributed by atoms with van der Waals surface area (Å²) in [7, 11) is 3.27. The summed E-state index contributed by atoms with van der Waals surface area (Å²) < 4.78 is 1.84. The number of fused-ring (bicyclic) bond motifs is 3. The number of rotatable bonds is 3. The number of hydrogen-bond donors (Lipinski definition) is 0. The van der Waals surface area contributed by atoms with Gasteiger partial charge in [-0.25, -0.2) is 4.98 Å². The molecule has 1 unspecified atom stereocenters. The van der Waals surface area contributed by atoms with Crippen LogP contribution in [0.2, 0.25) is 5.15 Å². The van der Waals surface area contributed by atoms with Crippen LogP contribution in [0.15, 0.2) is 42.6 Å². The molecule has 1 aliphatic heterocycles. The highest BCUT2D eigenvalue weighted by molar-refractivity contribution is 6.33. The monoisotopic (exact) mass is 395 g/mol. The fourth-order valence-corrected chi connectivity index (χ4v) is 4.38. The lowest BCUT2D eigenvalue weighted by Crippen LogP contribution is -2.52. The van der Waals surface area contributed by atoms with Crippen molar-refractivity contribution in [3.8, 4) is 0 Å². The van der Waals surface area contributed by atoms with Gasteiger partial charge in [-0.15, -0.1) is 0 Å². The Morgan fingerprint density at radius 2 is 1.86 bits per heavy atom. The fourth-order valence-electron chi connectivity index (χ4n) is 4.16. The van der Waals surface area contributed by atoms with E-state index in [1.54, 1.807) is 19.1 Å². The van der Waals surface area contributed by atoms with Gasteiger partial charge in [-0.05, 0) is 25.1 Å². The van der Waals surface area contributed by atoms with Crippen molar-refractivity contribution >= 4 is 40.1 Å². The maximum Gasteiger partial charge on any atom is 0.262 e. The molecule has 28 heavy (non-hydrogen) atoms. The first-order chi connectivity index (χ1) is 13.3. The van der Waals surface area contributed by atoms with E-state index >= 15 is 0 Å². The number of halogens is 1. The smallest absolute Gasteiger partial charge is 0.262 e. The second kappa shape index (κ2) is 6.27. The first-order valence-corrected chi connectivity index (χ1v) is 9.19. The number of imide groups is 1. The van der Waals surface area contributed by atoms with E-state index < -0.39 is 11.3 Å². The van der Waals surface area contributed by atoms with Gasteiger partial charge in [0.05, 0.1) is 16.5 Å². The summed E-state index contributed by atoms with van der Waals surface area (Å²) in [6.07, 6.45) is 1.38. The molecule has 0 aliphatic carbocycles. The summed E-state index contributed by atoms with van der Waals surface area (Å²) in [5.41, 5.74) is 0.908. The highest BCUT2D eigenvalue weighted by Gasteiger charge is 2.50. The molecule has 2 aromatic heterocycles. The van der Waals surface area contributed by atoms with Crippen LogP contribution < -0.4 is 0 Å². The minimum atomic E-state index is -1.21. The van der Waals surface area contributed by atoms with E-state index in [0.29, 0.717) is 11.3 Å². The SMILES string of the molecule is CN1C(=O)c2c(n(C)c3ccccc23)C(C)(CC(=O)c2cccnc2Cl)C1=O. The number of amides is 2. The second-order valence-electron chi connectivity index (χ2n) is 7.24. The topological polar surface area (TPSA) is 72.3 Å². The van der Waals surface area contributed by atoms with Crippen molar-refractivity contribution in [3.05, 3.63) is 64.6 Å². The van der Waals surface area contributed by atoms with Crippen molar-refractivity contribution < 1.29 is 14.4 Å². The lowest BCUT2D eigenvalue weighted by atomic mass is 9.75. The number of para-hydroxylation sites is 1. The van der Waals surface area contributed by atoms with Crippen molar-refractivity contribution in [1.82, 2.24) is 14.5 Å². The third-order valence-electron chi connectivity index (χ3n) is 5.50. The molecule has 2 amide bonds. The van der Waals surface area contributed by atoms with Gasteiger partial charge in [0.2, 0.25) is 5.91 Å². The number of Topliss-reactive ketones (excluding diaryl/α,β-unsaturated/α-hetero) is 1. The molecule has 0 bridgehead atoms. The predicted molar refractivity (Wildman–Crippen MR) is 106 cm³/mol. The van der Waals surface area contributed by atoms with Gasteiger partial charge in [0, 0.05) is 43.3 Å². The van der Waals surface area contributed by atoms with Gasteiger partial charge in [0.25, 0.3) is 5.91 Å². The molecule has 4 rings (SSSR count). The van der Waals surface area contributed by atoms with Gasteiger partial charge in [-0.3, -0.25) is 19.3 Å². The minimum Gasteiger partial charge on any atom is -0.346 e. The lowest BCUT2D eigenvalue weighted by Gasteiger charge is -2.37. The van der Waals surface area contributed by atoms with Crippen molar-refractivity contribution in [3.63, 3.8) is 0 Å². The molecule has 142 valence electrons. The first kappa shape index (κ1) is 18.4. The quantitative estimate of drug-likeness (QED) is 0.387. The Kier molecular flexibility index (Phi) is 4.12. The Morgan fingerprint density at radius 1 is 1.14 bits per heavy atom. The molecule has 1 atom stereocenters. The van der Waals surface area contributed by atoms with E-state index in [4.69, 9.17) is 11.6 Å². The number of benzene rings is 1. The zero-order valence-electron chi connectivity index (χ0n) is 15.7. The Morgan fingerprint density at radius 3 is 2.57 bits per heavy atom. The molecular weight excluding hydrogens is 378 g/mol. The van der Waals surface area contributed by atoms with Crippen LogP contribution in [-0.2, 0) is 17.3 Å². The van der Waals surface area contributed by atoms with Crippen LogP contribution in [0, 0.1) is 0 Å². The Balaban J connectivity index is 1.93. The highest BCUT2D eigenvalue weighted by atomic mass is 35.5. The zero-order chi connectivity index (χ0) is 20.2. The summed E-state index contributed by atoms with van der Waals surface area (Å²) in [5.74, 6) is -1.07. The molecule has 0 N–H and O–H groups in total. The number of carbonyl (C=O) groups is 3. The molecule has 1 aliphatic rings. The zero-order valence-corrected chi connectivity index (χ0v) is 16.4. The van der Waals surface area contributed by atoms with Crippen molar-refractivity contribution in [2.75, 3.05) is 7.05 Å². The largest absolute Gasteiger partial charge is 0.346 e. The maximum absolute atomic E-state index is 13.2. The predicted octanol–water partition coefficient (Wildman–Crippen LogP) is 3.37. The van der Waals surface area contributed by atoms with E-state index in [0.717, 1.165) is 15.8 Å². The summed E-state index contributed by atoms with van der Waals surface area (Å²) in [6.45, 7) is 1.71. The molecule has 0 radical (unpaired) electrons. The van der Waals surface area contributed by atoms with Crippen molar-refractivity contribution in [2.45, 2.75) is 18.8 Å². The van der Waals surface area contributed by atoms with Gasteiger partial charge in [0.1, 0.15) is 5.15 Å². The minimum absolute atomic E-state index is 0.0982. The van der Waals surface area contributed by atoms with Crippen LogP contribution in [0.3, 0.4) is 0 Å². The number of likely N-dealkylation sites (N-methyl/N-ethyl adjacent to an activating group) is 1. The average molecular weight is 396 g/mol. The molecular formula is C21H18ClN3O3. The number of carbonyl (C=O) groups excluding carboxylic acids is 3. The lowest BCUT2D eigenvalue weighted by molar-refractivity contribution is -0.133. The van der Waals surface area contributed by atoms with E-state index in [-0.39, 0.29) is 28.8 Å². The molecule has 3 aromatic rings. The number of aryl methyl sites for hydroxylation is 1. The maximum atomic E-state index is 13.2. The van der Waals surface area contributed by atoms with E-state index in [2.05, 4.69) is 4.98 Å². The van der Waals surface area contributed by atoms with Crippen LogP contribution in [-0.4, -0.2) is 39.1 Å². The number of ketones is 1. The number of pyridine rings is 1. The molecule has 0 fully saturated rings. The summed E-state index contributed by atoms with van der Waals surface area (Å²) in [5, 5.41) is 0.864. The molecule has 0 spiro atoms. The van der Waals surface area contributed by atoms with Crippen LogP contribution in [0.5, 0.6) is 0 Å². The van der Waals surface area contributed by atoms with Crippen LogP contribution in [0.25, 0.3) is 10.9 Å². The number of hydrogen-bond acceptors (Lipinski definition) is 4. The number of aromatic nitrogens is 2. The molecule has 0 saturated carbocycles. The average Bonchev–Trinajstić information content (AvgIpc) is 2.99. The first-order valence-electron chi connectivity index (χ1n) is 8.81. The van der Waals surface area contributed by atoms with Crippen LogP contribution in [0.4, 0.5) is 0 Å². The second-order valence-corrected chi connectivity index (χ2v) is 7.60. The Labute approximate surface area is 166 Å². The Bertz CT molecular complexity index is 1170. The molecule has 6 nitrogen and oxygen atoms in total. The van der Waals surface area contributed by atoms with E-state index in [1.165, 1.54) is 13.2 Å². The van der Waals surface area contributed by atoms with Gasteiger partial charge in [-0.1, -0.05) is 29.8 Å². The summed E-state index contributed by atoms with van der Waals surface area (Å²) in [6, 6.07) is 10.7. The van der Waals surface area contributed by atoms with E-state index in [1.807, 2.05) is 35.9 Å². The third-order valence-corrected chi connectivity index (χ3v) is 5.80. The third kappa shape index (κ3) is 2.41. The fraction of sp³-hybridized carbons (Fsp3) is 0.238. The highest BCUT2D eigenvalue weighted by Crippen LogP contribution is 2.42. The van der Waals surface area contributed by atoms with Crippen LogP contribution in [0.1, 0.15) is 39.8 Å². The van der Waals surface area contributed by atoms with Gasteiger partial charge < -0.3 is 4.57 Å². The summed E-state index contributed by atoms with van der Waals surface area (Å²) >= 11 is 6.08. The van der Waals surface area contributed by atoms with E-state index in [9.17, 15) is 14.4 Å². The van der Waals surface area contributed by atoms with Crippen molar-refractivity contribution in [1.29, 1.82) is 0 Å². The molecule has 7 heteroatoms. The Hall–Kier alpha value is -2.99. The molecule has 1 aromatic carbocycles. The van der Waals surface area contributed by atoms with Crippen molar-refractivity contribution in [2.24, 2.45) is 7.05 Å².